The van der Waals surface area contributed by atoms with Crippen LogP contribution in [0.15, 0.2) is 70.5 Å². The van der Waals surface area contributed by atoms with Crippen molar-refractivity contribution >= 4 is 64.5 Å². The van der Waals surface area contributed by atoms with E-state index >= 15 is 0 Å². The molecule has 4 aromatic rings. The third-order valence-corrected chi connectivity index (χ3v) is 6.67. The molecule has 0 spiro atoms. The van der Waals surface area contributed by atoms with Crippen LogP contribution in [0, 0.1) is 0 Å². The lowest BCUT2D eigenvalue weighted by Gasteiger charge is -2.16. The summed E-state index contributed by atoms with van der Waals surface area (Å²) in [5, 5.41) is 1.96. The first-order chi connectivity index (χ1) is 14.9. The van der Waals surface area contributed by atoms with Gasteiger partial charge in [0.15, 0.2) is 0 Å². The van der Waals surface area contributed by atoms with Crippen molar-refractivity contribution in [3.63, 3.8) is 0 Å². The Bertz CT molecular complexity index is 1480. The summed E-state index contributed by atoms with van der Waals surface area (Å²) in [5.74, 6) is 0. The molecular weight excluding hydrogens is 456 g/mol. The maximum atomic E-state index is 11.6. The molecule has 8 N–H and O–H groups in total. The molecule has 0 heterocycles. The van der Waals surface area contributed by atoms with Crippen molar-refractivity contribution < 1.29 is 25.9 Å². The lowest BCUT2D eigenvalue weighted by Crippen LogP contribution is -2.10. The van der Waals surface area contributed by atoms with Crippen LogP contribution in [0.2, 0.25) is 0 Å². The number of hydrogen-bond donors (Lipinski definition) is 6. The smallest absolute Gasteiger partial charge is 0.294 e. The van der Waals surface area contributed by atoms with Crippen LogP contribution in [0.1, 0.15) is 0 Å². The highest BCUT2D eigenvalue weighted by molar-refractivity contribution is 7.86. The van der Waals surface area contributed by atoms with Gasteiger partial charge < -0.3 is 22.3 Å². The summed E-state index contributed by atoms with van der Waals surface area (Å²) in [4.78, 5) is -0.594. The maximum absolute atomic E-state index is 11.6. The summed E-state index contributed by atoms with van der Waals surface area (Å²) in [5.41, 5.74) is 19.6. The molecule has 0 atom stereocenters. The van der Waals surface area contributed by atoms with Crippen molar-refractivity contribution in [2.75, 3.05) is 22.3 Å². The Hall–Kier alpha value is -3.58. The van der Waals surface area contributed by atoms with Crippen molar-refractivity contribution in [3.8, 4) is 0 Å². The van der Waals surface area contributed by atoms with E-state index in [1.54, 1.807) is 24.3 Å². The van der Waals surface area contributed by atoms with E-state index in [1.807, 2.05) is 0 Å². The third-order valence-electron chi connectivity index (χ3n) is 4.97. The van der Waals surface area contributed by atoms with Crippen molar-refractivity contribution in [1.29, 1.82) is 0 Å². The molecule has 0 aliphatic rings. The van der Waals surface area contributed by atoms with E-state index < -0.39 is 20.2 Å². The molecule has 0 bridgehead atoms. The number of hydrogen-bond acceptors (Lipinski definition) is 8. The summed E-state index contributed by atoms with van der Waals surface area (Å²) in [6.45, 7) is 0. The van der Waals surface area contributed by atoms with Crippen molar-refractivity contribution in [3.05, 3.63) is 60.7 Å². The van der Waals surface area contributed by atoms with Crippen LogP contribution < -0.4 is 22.3 Å². The maximum Gasteiger partial charge on any atom is 0.294 e. The number of anilines is 4. The zero-order valence-corrected chi connectivity index (χ0v) is 17.9. The lowest BCUT2D eigenvalue weighted by atomic mass is 10.1. The standard InChI is InChI=1S/C20H18N4O6S2/c21-17-5-7-19(15-9-11(31(25,26)27)1-3-13(15)17)23-24-20-8-6-18(22)14-4-2-12(10-16(14)20)32(28,29)30/h1-10,23-24H,21-22H2,(H,25,26,27)(H,28,29,30). The number of rotatable bonds is 5. The molecule has 0 saturated carbocycles. The van der Waals surface area contributed by atoms with Gasteiger partial charge in [0.1, 0.15) is 0 Å². The minimum atomic E-state index is -4.43. The molecule has 166 valence electrons. The first-order valence-electron chi connectivity index (χ1n) is 9.06. The van der Waals surface area contributed by atoms with E-state index in [0.717, 1.165) is 0 Å². The van der Waals surface area contributed by atoms with Gasteiger partial charge in [-0.05, 0) is 48.5 Å². The number of fused-ring (bicyclic) bond motifs is 2. The molecule has 32 heavy (non-hydrogen) atoms. The fraction of sp³-hybridized carbons (Fsp3) is 0. The van der Waals surface area contributed by atoms with Crippen LogP contribution >= 0.6 is 0 Å². The Morgan fingerprint density at radius 3 is 1.28 bits per heavy atom. The lowest BCUT2D eigenvalue weighted by molar-refractivity contribution is 0.481. The van der Waals surface area contributed by atoms with Crippen LogP contribution in [0.4, 0.5) is 22.7 Å². The summed E-state index contributed by atoms with van der Waals surface area (Å²) in [6, 6.07) is 14.5. The molecule has 4 aromatic carbocycles. The van der Waals surface area contributed by atoms with Gasteiger partial charge in [0.2, 0.25) is 0 Å². The molecule has 0 amide bonds. The van der Waals surface area contributed by atoms with E-state index in [1.165, 1.54) is 36.4 Å². The van der Waals surface area contributed by atoms with Crippen LogP contribution in [-0.2, 0) is 20.2 Å². The van der Waals surface area contributed by atoms with Gasteiger partial charge in [-0.2, -0.15) is 16.8 Å². The largest absolute Gasteiger partial charge is 0.398 e. The Morgan fingerprint density at radius 1 is 0.562 bits per heavy atom. The second kappa shape index (κ2) is 7.53. The molecule has 0 radical (unpaired) electrons. The Labute approximate surface area is 183 Å². The Morgan fingerprint density at radius 2 is 0.938 bits per heavy atom. The zero-order chi connectivity index (χ0) is 23.3. The number of nitrogens with one attached hydrogen (secondary N) is 2. The molecule has 0 fully saturated rings. The number of hydrazine groups is 1. The third kappa shape index (κ3) is 3.99. The van der Waals surface area contributed by atoms with Gasteiger partial charge in [0, 0.05) is 32.9 Å². The highest BCUT2D eigenvalue weighted by Gasteiger charge is 2.15. The van der Waals surface area contributed by atoms with Crippen molar-refractivity contribution in [2.45, 2.75) is 9.79 Å². The average Bonchev–Trinajstić information content (AvgIpc) is 2.73. The fourth-order valence-corrected chi connectivity index (χ4v) is 4.39. The molecule has 12 heteroatoms. The van der Waals surface area contributed by atoms with Crippen LogP contribution in [0.25, 0.3) is 21.5 Å². The van der Waals surface area contributed by atoms with Gasteiger partial charge in [-0.15, -0.1) is 0 Å². The molecule has 0 aromatic heterocycles. The summed E-state index contributed by atoms with van der Waals surface area (Å²) in [6.07, 6.45) is 0. The number of nitrogen functional groups attached to an aromatic ring is 2. The molecule has 10 nitrogen and oxygen atoms in total. The van der Waals surface area contributed by atoms with E-state index in [0.29, 0.717) is 44.3 Å². The zero-order valence-electron chi connectivity index (χ0n) is 16.3. The highest BCUT2D eigenvalue weighted by Crippen LogP contribution is 2.33. The molecule has 4 rings (SSSR count). The summed E-state index contributed by atoms with van der Waals surface area (Å²) < 4.78 is 65.0. The minimum Gasteiger partial charge on any atom is -0.398 e. The molecule has 0 unspecified atom stereocenters. The van der Waals surface area contributed by atoms with Gasteiger partial charge in [-0.1, -0.05) is 12.1 Å². The van der Waals surface area contributed by atoms with Gasteiger partial charge in [-0.3, -0.25) is 9.11 Å². The van der Waals surface area contributed by atoms with Crippen molar-refractivity contribution in [2.24, 2.45) is 0 Å². The highest BCUT2D eigenvalue weighted by atomic mass is 32.2. The van der Waals surface area contributed by atoms with Gasteiger partial charge in [0.25, 0.3) is 20.2 Å². The second-order valence-electron chi connectivity index (χ2n) is 7.02. The summed E-state index contributed by atoms with van der Waals surface area (Å²) in [7, 11) is -8.85. The van der Waals surface area contributed by atoms with Gasteiger partial charge in [0.05, 0.1) is 21.2 Å². The van der Waals surface area contributed by atoms with Crippen molar-refractivity contribution in [1.82, 2.24) is 0 Å². The van der Waals surface area contributed by atoms with E-state index in [-0.39, 0.29) is 9.79 Å². The van der Waals surface area contributed by atoms with E-state index in [4.69, 9.17) is 11.5 Å². The quantitative estimate of drug-likeness (QED) is 0.143. The topological polar surface area (TPSA) is 185 Å². The van der Waals surface area contributed by atoms with Gasteiger partial charge >= 0.3 is 0 Å². The van der Waals surface area contributed by atoms with Gasteiger partial charge in [-0.25, -0.2) is 0 Å². The molecule has 0 saturated heterocycles. The second-order valence-corrected chi connectivity index (χ2v) is 9.86. The Balaban J connectivity index is 1.80. The van der Waals surface area contributed by atoms with E-state index in [2.05, 4.69) is 10.9 Å². The predicted molar refractivity (Wildman–Crippen MR) is 124 cm³/mol. The van der Waals surface area contributed by atoms with Crippen LogP contribution in [-0.4, -0.2) is 25.9 Å². The normalized spacial score (nSPS) is 12.2. The first kappa shape index (κ1) is 21.6. The summed E-state index contributed by atoms with van der Waals surface area (Å²) >= 11 is 0. The monoisotopic (exact) mass is 474 g/mol. The molecule has 0 aliphatic heterocycles. The number of nitrogens with two attached hydrogens (primary N) is 2. The number of benzene rings is 4. The molecular formula is C20H18N4O6S2. The van der Waals surface area contributed by atoms with Crippen LogP contribution in [0.3, 0.4) is 0 Å². The fourth-order valence-electron chi connectivity index (χ4n) is 3.37. The first-order valence-corrected chi connectivity index (χ1v) is 11.9. The Kier molecular flexibility index (Phi) is 5.09. The minimum absolute atomic E-state index is 0.297. The van der Waals surface area contributed by atoms with Crippen LogP contribution in [0.5, 0.6) is 0 Å². The predicted octanol–water partition coefficient (Wildman–Crippen LogP) is 3.09. The average molecular weight is 475 g/mol. The SMILES string of the molecule is Nc1ccc(NNc2ccc(N)c3ccc(S(=O)(=O)O)cc23)c2cc(S(=O)(=O)O)ccc12. The molecule has 0 aliphatic carbocycles. The van der Waals surface area contributed by atoms with E-state index in [9.17, 15) is 25.9 Å².